The van der Waals surface area contributed by atoms with Gasteiger partial charge in [0.15, 0.2) is 0 Å². The summed E-state index contributed by atoms with van der Waals surface area (Å²) in [7, 11) is 1.67. The zero-order valence-electron chi connectivity index (χ0n) is 16.7. The van der Waals surface area contributed by atoms with Gasteiger partial charge in [-0.15, -0.1) is 0 Å². The summed E-state index contributed by atoms with van der Waals surface area (Å²) in [5, 5.41) is 0. The lowest BCUT2D eigenvalue weighted by atomic mass is 10.2. The van der Waals surface area contributed by atoms with Crippen molar-refractivity contribution in [3.05, 3.63) is 54.6 Å². The largest absolute Gasteiger partial charge is 0.495 e. The highest BCUT2D eigenvalue weighted by atomic mass is 16.5. The Kier molecular flexibility index (Phi) is 5.55. The van der Waals surface area contributed by atoms with Gasteiger partial charge in [-0.2, -0.15) is 0 Å². The van der Waals surface area contributed by atoms with E-state index in [1.54, 1.807) is 16.9 Å². The van der Waals surface area contributed by atoms with Crippen LogP contribution >= 0.6 is 0 Å². The van der Waals surface area contributed by atoms with Crippen LogP contribution in [0.15, 0.2) is 54.6 Å². The molecule has 7 nitrogen and oxygen atoms in total. The normalized spacial score (nSPS) is 17.1. The molecule has 3 amide bonds. The SMILES string of the molecule is COc1ccccc1N1CCN(C(=O)CN2CCN(c3ccccc3)C2=O)CC1. The molecule has 0 aromatic heterocycles. The van der Waals surface area contributed by atoms with Crippen LogP contribution in [0.1, 0.15) is 0 Å². The number of carbonyl (C=O) groups is 2. The van der Waals surface area contributed by atoms with Gasteiger partial charge < -0.3 is 19.4 Å². The lowest BCUT2D eigenvalue weighted by Gasteiger charge is -2.37. The summed E-state index contributed by atoms with van der Waals surface area (Å²) < 4.78 is 5.45. The molecule has 0 N–H and O–H groups in total. The molecule has 2 heterocycles. The van der Waals surface area contributed by atoms with Crippen molar-refractivity contribution in [2.75, 3.05) is 62.7 Å². The third-order valence-corrected chi connectivity index (χ3v) is 5.55. The van der Waals surface area contributed by atoms with Crippen LogP contribution in [0.5, 0.6) is 5.75 Å². The summed E-state index contributed by atoms with van der Waals surface area (Å²) in [6.07, 6.45) is 0. The molecule has 0 radical (unpaired) electrons. The minimum atomic E-state index is -0.0998. The van der Waals surface area contributed by atoms with E-state index in [1.807, 2.05) is 59.5 Å². The molecule has 2 aliphatic heterocycles. The first kappa shape index (κ1) is 19.1. The molecule has 152 valence electrons. The van der Waals surface area contributed by atoms with E-state index in [-0.39, 0.29) is 18.5 Å². The van der Waals surface area contributed by atoms with E-state index in [4.69, 9.17) is 4.74 Å². The number of urea groups is 1. The van der Waals surface area contributed by atoms with E-state index in [9.17, 15) is 9.59 Å². The van der Waals surface area contributed by atoms with Gasteiger partial charge in [-0.3, -0.25) is 9.69 Å². The number of carbonyl (C=O) groups excluding carboxylic acids is 2. The molecule has 0 aliphatic carbocycles. The van der Waals surface area contributed by atoms with Gasteiger partial charge in [0.05, 0.1) is 12.8 Å². The first-order valence-corrected chi connectivity index (χ1v) is 9.94. The number of nitrogens with zero attached hydrogens (tertiary/aromatic N) is 4. The van der Waals surface area contributed by atoms with Crippen LogP contribution in [0.2, 0.25) is 0 Å². The number of para-hydroxylation sites is 3. The summed E-state index contributed by atoms with van der Waals surface area (Å²) in [5.41, 5.74) is 1.92. The Morgan fingerprint density at radius 2 is 1.59 bits per heavy atom. The van der Waals surface area contributed by atoms with Crippen LogP contribution < -0.4 is 14.5 Å². The van der Waals surface area contributed by atoms with Crippen molar-refractivity contribution in [1.82, 2.24) is 9.80 Å². The zero-order chi connectivity index (χ0) is 20.2. The van der Waals surface area contributed by atoms with Gasteiger partial charge in [0, 0.05) is 45.0 Å². The molecule has 0 saturated carbocycles. The predicted molar refractivity (Wildman–Crippen MR) is 113 cm³/mol. The minimum Gasteiger partial charge on any atom is -0.495 e. The highest BCUT2D eigenvalue weighted by Gasteiger charge is 2.32. The Bertz CT molecular complexity index is 865. The molecule has 29 heavy (non-hydrogen) atoms. The number of hydrogen-bond acceptors (Lipinski definition) is 4. The first-order valence-electron chi connectivity index (χ1n) is 9.94. The number of amides is 3. The minimum absolute atomic E-state index is 0.00735. The van der Waals surface area contributed by atoms with Crippen LogP contribution in [0, 0.1) is 0 Å². The molecule has 4 rings (SSSR count). The Labute approximate surface area is 171 Å². The highest BCUT2D eigenvalue weighted by molar-refractivity contribution is 5.96. The second-order valence-corrected chi connectivity index (χ2v) is 7.23. The van der Waals surface area contributed by atoms with Crippen molar-refractivity contribution in [2.24, 2.45) is 0 Å². The highest BCUT2D eigenvalue weighted by Crippen LogP contribution is 2.28. The lowest BCUT2D eigenvalue weighted by molar-refractivity contribution is -0.131. The summed E-state index contributed by atoms with van der Waals surface area (Å²) in [6.45, 7) is 4.09. The molecular formula is C22H26N4O3. The number of piperazine rings is 1. The third kappa shape index (κ3) is 3.99. The molecular weight excluding hydrogens is 368 g/mol. The summed E-state index contributed by atoms with van der Waals surface area (Å²) in [6, 6.07) is 17.4. The number of methoxy groups -OCH3 is 1. The van der Waals surface area contributed by atoms with Gasteiger partial charge in [0.25, 0.3) is 0 Å². The van der Waals surface area contributed by atoms with Crippen molar-refractivity contribution >= 4 is 23.3 Å². The van der Waals surface area contributed by atoms with Gasteiger partial charge >= 0.3 is 6.03 Å². The standard InChI is InChI=1S/C22H26N4O3/c1-29-20-10-6-5-9-19(20)23-11-13-24(14-12-23)21(27)17-25-15-16-26(22(25)28)18-7-3-2-4-8-18/h2-10H,11-17H2,1H3. The number of rotatable bonds is 5. The monoisotopic (exact) mass is 394 g/mol. The van der Waals surface area contributed by atoms with Crippen molar-refractivity contribution in [1.29, 1.82) is 0 Å². The quantitative estimate of drug-likeness (QED) is 0.781. The van der Waals surface area contributed by atoms with E-state index in [2.05, 4.69) is 4.90 Å². The molecule has 0 unspecified atom stereocenters. The molecule has 2 aliphatic rings. The van der Waals surface area contributed by atoms with Gasteiger partial charge in [-0.05, 0) is 24.3 Å². The van der Waals surface area contributed by atoms with E-state index in [1.165, 1.54) is 0 Å². The molecule has 0 spiro atoms. The Hall–Kier alpha value is -3.22. The maximum atomic E-state index is 12.8. The number of anilines is 2. The van der Waals surface area contributed by atoms with Crippen molar-refractivity contribution in [2.45, 2.75) is 0 Å². The molecule has 2 saturated heterocycles. The molecule has 0 bridgehead atoms. The van der Waals surface area contributed by atoms with Crippen molar-refractivity contribution in [3.8, 4) is 5.75 Å². The maximum absolute atomic E-state index is 12.8. The van der Waals surface area contributed by atoms with Crippen molar-refractivity contribution < 1.29 is 14.3 Å². The third-order valence-electron chi connectivity index (χ3n) is 5.55. The fourth-order valence-electron chi connectivity index (χ4n) is 3.93. The predicted octanol–water partition coefficient (Wildman–Crippen LogP) is 2.29. The molecule has 2 aromatic carbocycles. The molecule has 0 atom stereocenters. The van der Waals surface area contributed by atoms with E-state index >= 15 is 0 Å². The van der Waals surface area contributed by atoms with Gasteiger partial charge in [-0.1, -0.05) is 30.3 Å². The lowest BCUT2D eigenvalue weighted by Crippen LogP contribution is -2.51. The van der Waals surface area contributed by atoms with Crippen LogP contribution in [0.4, 0.5) is 16.2 Å². The second-order valence-electron chi connectivity index (χ2n) is 7.23. The molecule has 7 heteroatoms. The molecule has 2 fully saturated rings. The molecule has 2 aromatic rings. The van der Waals surface area contributed by atoms with Crippen LogP contribution in [-0.4, -0.2) is 74.7 Å². The summed E-state index contributed by atoms with van der Waals surface area (Å²) >= 11 is 0. The van der Waals surface area contributed by atoms with Crippen LogP contribution in [0.3, 0.4) is 0 Å². The average molecular weight is 394 g/mol. The van der Waals surface area contributed by atoms with E-state index in [0.29, 0.717) is 26.2 Å². The zero-order valence-corrected chi connectivity index (χ0v) is 16.7. The van der Waals surface area contributed by atoms with Crippen LogP contribution in [-0.2, 0) is 4.79 Å². The fraction of sp³-hybridized carbons (Fsp3) is 0.364. The summed E-state index contributed by atoms with van der Waals surface area (Å²) in [5.74, 6) is 0.851. The van der Waals surface area contributed by atoms with Gasteiger partial charge in [0.1, 0.15) is 12.3 Å². The van der Waals surface area contributed by atoms with Crippen LogP contribution in [0.25, 0.3) is 0 Å². The average Bonchev–Trinajstić information content (AvgIpc) is 3.14. The number of hydrogen-bond donors (Lipinski definition) is 0. The summed E-state index contributed by atoms with van der Waals surface area (Å²) in [4.78, 5) is 32.9. The number of benzene rings is 2. The van der Waals surface area contributed by atoms with Gasteiger partial charge in [-0.25, -0.2) is 4.79 Å². The first-order chi connectivity index (χ1) is 14.2. The van der Waals surface area contributed by atoms with E-state index < -0.39 is 0 Å². The maximum Gasteiger partial charge on any atom is 0.325 e. The second kappa shape index (κ2) is 8.43. The topological polar surface area (TPSA) is 56.3 Å². The van der Waals surface area contributed by atoms with Crippen molar-refractivity contribution in [3.63, 3.8) is 0 Å². The van der Waals surface area contributed by atoms with Gasteiger partial charge in [0.2, 0.25) is 5.91 Å². The Balaban J connectivity index is 1.32. The number of ether oxygens (including phenoxy) is 1. The van der Waals surface area contributed by atoms with E-state index in [0.717, 1.165) is 30.2 Å². The fourth-order valence-corrected chi connectivity index (χ4v) is 3.93. The smallest absolute Gasteiger partial charge is 0.325 e. The Morgan fingerprint density at radius 3 is 2.31 bits per heavy atom. The Morgan fingerprint density at radius 1 is 0.897 bits per heavy atom.